The minimum Gasteiger partial charge on any atom is -0.766 e. The van der Waals surface area contributed by atoms with Crippen LogP contribution in [0.3, 0.4) is 0 Å². The summed E-state index contributed by atoms with van der Waals surface area (Å²) in [5.41, 5.74) is 7.56. The molecule has 1 atom stereocenters. The Balaban J connectivity index is 4.05. The molecule has 0 N–H and O–H groups in total. The lowest BCUT2D eigenvalue weighted by atomic mass is 10.9. The lowest BCUT2D eigenvalue weighted by molar-refractivity contribution is -0.109. The minimum absolute atomic E-state index is 0.295. The fourth-order valence-electron chi connectivity index (χ4n) is 0.0902. The fourth-order valence-corrected chi connectivity index (χ4v) is 0.223. The number of nitrogens with zero attached hydrogens (tertiary/aromatic N) is 2. The predicted octanol–water partition coefficient (Wildman–Crippen LogP) is -1.31. The monoisotopic (exact) mass is 133 g/mol. The Morgan fingerprint density at radius 1 is 1.88 bits per heavy atom. The number of carbonyl (C=O) groups excluding carboxylic acids is 1. The van der Waals surface area contributed by atoms with Crippen LogP contribution in [0, 0.1) is 0 Å². The van der Waals surface area contributed by atoms with Crippen molar-refractivity contribution in [3.8, 4) is 0 Å². The first-order valence-corrected chi connectivity index (χ1v) is 2.56. The maximum absolute atomic E-state index is 9.82. The van der Waals surface area contributed by atoms with Gasteiger partial charge in [-0.3, -0.25) is 9.00 Å². The van der Waals surface area contributed by atoms with Crippen LogP contribution in [-0.2, 0) is 15.9 Å². The SMILES string of the molecule is [N-]=[N+]=CC(=O)S(=O)[O-]. The summed E-state index contributed by atoms with van der Waals surface area (Å²) in [6.45, 7) is 0. The molecule has 44 valence electrons. The van der Waals surface area contributed by atoms with E-state index in [0.29, 0.717) is 6.21 Å². The third-order valence-electron chi connectivity index (χ3n) is 0.327. The van der Waals surface area contributed by atoms with Crippen molar-refractivity contribution in [2.45, 2.75) is 0 Å². The summed E-state index contributed by atoms with van der Waals surface area (Å²) in [5, 5.41) is -1.24. The smallest absolute Gasteiger partial charge is 0.335 e. The fraction of sp³-hybridized carbons (Fsp3) is 0. The summed E-state index contributed by atoms with van der Waals surface area (Å²) in [5.74, 6) is 0. The molecule has 0 heterocycles. The summed E-state index contributed by atoms with van der Waals surface area (Å²) in [4.78, 5) is 12.0. The van der Waals surface area contributed by atoms with Gasteiger partial charge in [0.1, 0.15) is 0 Å². The average molecular weight is 133 g/mol. The Hall–Kier alpha value is -0.840. The zero-order valence-electron chi connectivity index (χ0n) is 3.60. The largest absolute Gasteiger partial charge is 0.766 e. The van der Waals surface area contributed by atoms with Crippen LogP contribution in [0.2, 0.25) is 0 Å². The van der Waals surface area contributed by atoms with Crippen LogP contribution in [0.4, 0.5) is 0 Å². The molecule has 0 aromatic rings. The second kappa shape index (κ2) is 3.20. The zero-order valence-corrected chi connectivity index (χ0v) is 4.42. The van der Waals surface area contributed by atoms with E-state index in [2.05, 4.69) is 4.79 Å². The number of carbonyl (C=O) groups is 1. The molecule has 0 radical (unpaired) electrons. The van der Waals surface area contributed by atoms with Gasteiger partial charge in [-0.05, 0) is 0 Å². The van der Waals surface area contributed by atoms with E-state index in [1.807, 2.05) is 0 Å². The highest BCUT2D eigenvalue weighted by Crippen LogP contribution is 1.68. The van der Waals surface area contributed by atoms with Crippen molar-refractivity contribution in [1.29, 1.82) is 0 Å². The molecular formula is C2HN2O3S-. The van der Waals surface area contributed by atoms with E-state index < -0.39 is 16.2 Å². The van der Waals surface area contributed by atoms with Crippen LogP contribution >= 0.6 is 0 Å². The highest BCUT2D eigenvalue weighted by Gasteiger charge is 1.98. The van der Waals surface area contributed by atoms with Crippen LogP contribution in [0.25, 0.3) is 5.53 Å². The molecular weight excluding hydrogens is 132 g/mol. The second-order valence-electron chi connectivity index (χ2n) is 0.798. The molecule has 0 spiro atoms. The average Bonchev–Trinajstić information content (AvgIpc) is 1.67. The number of hydrogen-bond donors (Lipinski definition) is 0. The molecule has 0 saturated carbocycles. The number of rotatable bonds is 1. The normalized spacial score (nSPS) is 11.6. The molecule has 5 nitrogen and oxygen atoms in total. The Kier molecular flexibility index (Phi) is 2.86. The molecule has 0 aromatic carbocycles. The minimum atomic E-state index is -2.81. The summed E-state index contributed by atoms with van der Waals surface area (Å²) in [6, 6.07) is 0. The molecule has 0 aromatic heterocycles. The quantitative estimate of drug-likeness (QED) is 0.192. The highest BCUT2D eigenvalue weighted by atomic mass is 32.2. The van der Waals surface area contributed by atoms with Gasteiger partial charge in [-0.25, -0.2) is 0 Å². The second-order valence-corrected chi connectivity index (χ2v) is 1.67. The molecule has 8 heavy (non-hydrogen) atoms. The Bertz CT molecular complexity index is 166. The van der Waals surface area contributed by atoms with E-state index >= 15 is 0 Å². The summed E-state index contributed by atoms with van der Waals surface area (Å²) in [7, 11) is 0. The van der Waals surface area contributed by atoms with E-state index in [4.69, 9.17) is 5.53 Å². The van der Waals surface area contributed by atoms with Crippen molar-refractivity contribution >= 4 is 22.4 Å². The molecule has 1 unspecified atom stereocenters. The van der Waals surface area contributed by atoms with Gasteiger partial charge in [-0.1, -0.05) is 0 Å². The highest BCUT2D eigenvalue weighted by molar-refractivity contribution is 7.97. The van der Waals surface area contributed by atoms with Crippen molar-refractivity contribution in [2.75, 3.05) is 0 Å². The zero-order chi connectivity index (χ0) is 6.57. The van der Waals surface area contributed by atoms with Crippen molar-refractivity contribution in [3.63, 3.8) is 0 Å². The van der Waals surface area contributed by atoms with Gasteiger partial charge in [0.25, 0.3) is 0 Å². The Morgan fingerprint density at radius 2 is 2.38 bits per heavy atom. The van der Waals surface area contributed by atoms with Gasteiger partial charge in [0.15, 0.2) is 0 Å². The lowest BCUT2D eigenvalue weighted by Gasteiger charge is -1.90. The Morgan fingerprint density at radius 3 is 2.50 bits per heavy atom. The molecule has 0 saturated heterocycles. The van der Waals surface area contributed by atoms with Gasteiger partial charge in [-0.15, -0.1) is 0 Å². The van der Waals surface area contributed by atoms with Gasteiger partial charge in [-0.2, -0.15) is 4.79 Å². The molecule has 0 fully saturated rings. The van der Waals surface area contributed by atoms with Crippen molar-refractivity contribution < 1.29 is 18.3 Å². The van der Waals surface area contributed by atoms with Crippen LogP contribution in [-0.4, -0.2) is 24.9 Å². The topological polar surface area (TPSA) is 93.6 Å². The third-order valence-corrected chi connectivity index (χ3v) is 0.761. The van der Waals surface area contributed by atoms with Crippen LogP contribution in [0.1, 0.15) is 0 Å². The molecule has 6 heteroatoms. The first-order valence-electron chi connectivity index (χ1n) is 1.49. The molecule has 0 aliphatic heterocycles. The van der Waals surface area contributed by atoms with Crippen LogP contribution in [0.15, 0.2) is 0 Å². The van der Waals surface area contributed by atoms with Gasteiger partial charge in [0.05, 0.1) is 0 Å². The van der Waals surface area contributed by atoms with Gasteiger partial charge >= 0.3 is 11.3 Å². The van der Waals surface area contributed by atoms with Crippen LogP contribution < -0.4 is 0 Å². The van der Waals surface area contributed by atoms with E-state index in [-0.39, 0.29) is 0 Å². The van der Waals surface area contributed by atoms with Gasteiger partial charge in [0.2, 0.25) is 0 Å². The summed E-state index contributed by atoms with van der Waals surface area (Å²) in [6.07, 6.45) is 0.295. The number of hydrogen-bond acceptors (Lipinski definition) is 3. The van der Waals surface area contributed by atoms with E-state index in [1.54, 1.807) is 0 Å². The van der Waals surface area contributed by atoms with E-state index in [1.165, 1.54) is 0 Å². The maximum Gasteiger partial charge on any atom is 0.335 e. The molecule has 0 aliphatic rings. The van der Waals surface area contributed by atoms with Crippen molar-refractivity contribution in [3.05, 3.63) is 5.53 Å². The maximum atomic E-state index is 9.82. The molecule has 0 rings (SSSR count). The van der Waals surface area contributed by atoms with E-state index in [0.717, 1.165) is 0 Å². The third kappa shape index (κ3) is 2.35. The summed E-state index contributed by atoms with van der Waals surface area (Å²) < 4.78 is 19.1. The van der Waals surface area contributed by atoms with Crippen molar-refractivity contribution in [1.82, 2.24) is 0 Å². The van der Waals surface area contributed by atoms with E-state index in [9.17, 15) is 13.6 Å². The van der Waals surface area contributed by atoms with Gasteiger partial charge in [0, 0.05) is 11.1 Å². The first-order chi connectivity index (χ1) is 3.68. The standard InChI is InChI=1S/C2H2N2O3S/c3-4-1-2(5)8(6)7/h1H,(H,6,7)/p-1. The first kappa shape index (κ1) is 7.16. The Labute approximate surface area is 47.2 Å². The van der Waals surface area contributed by atoms with Crippen LogP contribution in [0.5, 0.6) is 0 Å². The molecule has 0 bridgehead atoms. The summed E-state index contributed by atoms with van der Waals surface area (Å²) >= 11 is -2.81. The predicted molar refractivity (Wildman–Crippen MR) is 23.6 cm³/mol. The van der Waals surface area contributed by atoms with Crippen molar-refractivity contribution in [2.24, 2.45) is 0 Å². The lowest BCUT2D eigenvalue weighted by Crippen LogP contribution is -2.06. The molecule has 0 amide bonds. The van der Waals surface area contributed by atoms with Gasteiger partial charge < -0.3 is 10.1 Å². The molecule has 0 aliphatic carbocycles.